The molecule has 0 spiro atoms. The van der Waals surface area contributed by atoms with Gasteiger partial charge in [0.05, 0.1) is 0 Å². The van der Waals surface area contributed by atoms with Gasteiger partial charge in [-0.15, -0.1) is 0 Å². The molecular formula is C14H22N4O. The number of hydrogen-bond acceptors (Lipinski definition) is 2. The first kappa shape index (κ1) is 15.0. The molecule has 1 rings (SSSR count). The second-order valence-electron chi connectivity index (χ2n) is 4.61. The van der Waals surface area contributed by atoms with Gasteiger partial charge in [0.15, 0.2) is 5.96 Å². The topological polar surface area (TPSA) is 70.7 Å². The first-order valence-electron chi connectivity index (χ1n) is 6.31. The molecule has 0 unspecified atom stereocenters. The van der Waals surface area contributed by atoms with E-state index in [1.165, 1.54) is 0 Å². The summed E-state index contributed by atoms with van der Waals surface area (Å²) in [4.78, 5) is 17.2. The lowest BCUT2D eigenvalue weighted by Gasteiger charge is -2.13. The molecule has 0 saturated heterocycles. The quantitative estimate of drug-likeness (QED) is 0.638. The number of benzene rings is 1. The van der Waals surface area contributed by atoms with Crippen LogP contribution in [0.1, 0.15) is 18.1 Å². The van der Waals surface area contributed by atoms with E-state index in [9.17, 15) is 4.79 Å². The number of nitrogens with zero attached hydrogens (tertiary/aromatic N) is 2. The molecule has 1 aromatic carbocycles. The average Bonchev–Trinajstić information content (AvgIpc) is 2.33. The third kappa shape index (κ3) is 4.99. The number of nitrogens with one attached hydrogen (secondary N) is 1. The molecule has 1 amide bonds. The van der Waals surface area contributed by atoms with Crippen LogP contribution in [0.3, 0.4) is 0 Å². The minimum absolute atomic E-state index is 0.0485. The molecule has 0 bridgehead atoms. The summed E-state index contributed by atoms with van der Waals surface area (Å²) < 4.78 is 0. The molecule has 0 aliphatic rings. The fraction of sp³-hybridized carbons (Fsp3) is 0.429. The Kier molecular flexibility index (Phi) is 5.36. The summed E-state index contributed by atoms with van der Waals surface area (Å²) in [5, 5.41) is 2.99. The van der Waals surface area contributed by atoms with E-state index in [0.29, 0.717) is 6.54 Å². The van der Waals surface area contributed by atoms with Crippen LogP contribution in [0, 0.1) is 13.8 Å². The van der Waals surface area contributed by atoms with E-state index in [0.717, 1.165) is 16.8 Å². The van der Waals surface area contributed by atoms with Gasteiger partial charge in [0, 0.05) is 19.3 Å². The average molecular weight is 262 g/mol. The van der Waals surface area contributed by atoms with E-state index in [4.69, 9.17) is 5.73 Å². The Balaban J connectivity index is 2.63. The highest BCUT2D eigenvalue weighted by Crippen LogP contribution is 2.13. The van der Waals surface area contributed by atoms with Crippen LogP contribution in [0.2, 0.25) is 0 Å². The Morgan fingerprint density at radius 2 is 1.89 bits per heavy atom. The molecule has 0 atom stereocenters. The van der Waals surface area contributed by atoms with Gasteiger partial charge >= 0.3 is 0 Å². The number of likely N-dealkylation sites (N-methyl/N-ethyl adjacent to an activating group) is 1. The minimum Gasteiger partial charge on any atom is -0.370 e. The smallest absolute Gasteiger partial charge is 0.244 e. The standard InChI is InChI=1S/C14H22N4O/c1-5-18(4)13(19)9-16-14(15)17-12-7-10(2)6-11(3)8-12/h6-8H,5,9H2,1-4H3,(H3,15,16,17). The fourth-order valence-corrected chi connectivity index (χ4v) is 1.68. The maximum absolute atomic E-state index is 11.6. The van der Waals surface area contributed by atoms with E-state index in [2.05, 4.69) is 16.4 Å². The lowest BCUT2D eigenvalue weighted by Crippen LogP contribution is -2.30. The summed E-state index contributed by atoms with van der Waals surface area (Å²) in [7, 11) is 1.74. The third-order valence-electron chi connectivity index (χ3n) is 2.78. The molecule has 5 nitrogen and oxygen atoms in total. The van der Waals surface area contributed by atoms with Gasteiger partial charge in [0.1, 0.15) is 6.54 Å². The van der Waals surface area contributed by atoms with Crippen LogP contribution in [0.25, 0.3) is 0 Å². The van der Waals surface area contributed by atoms with E-state index in [1.807, 2.05) is 32.9 Å². The lowest BCUT2D eigenvalue weighted by atomic mass is 10.1. The molecule has 104 valence electrons. The summed E-state index contributed by atoms with van der Waals surface area (Å²) >= 11 is 0. The highest BCUT2D eigenvalue weighted by Gasteiger charge is 2.05. The molecule has 0 radical (unpaired) electrons. The lowest BCUT2D eigenvalue weighted by molar-refractivity contribution is -0.128. The summed E-state index contributed by atoms with van der Waals surface area (Å²) in [6, 6.07) is 6.04. The number of hydrogen-bond donors (Lipinski definition) is 2. The number of aliphatic imine (C=N–C) groups is 1. The molecule has 0 aliphatic heterocycles. The largest absolute Gasteiger partial charge is 0.370 e. The zero-order chi connectivity index (χ0) is 14.4. The molecule has 0 fully saturated rings. The number of carbonyl (C=O) groups excluding carboxylic acids is 1. The first-order chi connectivity index (χ1) is 8.92. The van der Waals surface area contributed by atoms with Gasteiger partial charge < -0.3 is 16.0 Å². The van der Waals surface area contributed by atoms with Crippen LogP contribution >= 0.6 is 0 Å². The maximum Gasteiger partial charge on any atom is 0.244 e. The van der Waals surface area contributed by atoms with Crippen LogP contribution in [-0.4, -0.2) is 36.9 Å². The molecule has 1 aromatic rings. The van der Waals surface area contributed by atoms with Gasteiger partial charge in [-0.1, -0.05) is 6.07 Å². The predicted molar refractivity (Wildman–Crippen MR) is 79.3 cm³/mol. The highest BCUT2D eigenvalue weighted by atomic mass is 16.2. The van der Waals surface area contributed by atoms with Crippen LogP contribution in [0.5, 0.6) is 0 Å². The van der Waals surface area contributed by atoms with Crippen LogP contribution < -0.4 is 11.1 Å². The van der Waals surface area contributed by atoms with E-state index in [-0.39, 0.29) is 18.4 Å². The maximum atomic E-state index is 11.6. The molecule has 3 N–H and O–H groups in total. The summed E-state index contributed by atoms with van der Waals surface area (Å²) in [5.74, 6) is 0.204. The Hall–Kier alpha value is -2.04. The molecule has 19 heavy (non-hydrogen) atoms. The van der Waals surface area contributed by atoms with Crippen molar-refractivity contribution in [2.75, 3.05) is 25.5 Å². The van der Waals surface area contributed by atoms with Crippen molar-refractivity contribution in [2.45, 2.75) is 20.8 Å². The number of carbonyl (C=O) groups is 1. The number of amides is 1. The minimum atomic E-state index is -0.0485. The zero-order valence-corrected chi connectivity index (χ0v) is 12.0. The van der Waals surface area contributed by atoms with Gasteiger partial charge in [-0.25, -0.2) is 4.99 Å². The number of rotatable bonds is 4. The second kappa shape index (κ2) is 6.78. The van der Waals surface area contributed by atoms with Crippen molar-refractivity contribution in [3.8, 4) is 0 Å². The SMILES string of the molecule is CCN(C)C(=O)CN=C(N)Nc1cc(C)cc(C)c1. The number of guanidine groups is 1. The van der Waals surface area contributed by atoms with Gasteiger partial charge in [0.25, 0.3) is 0 Å². The summed E-state index contributed by atoms with van der Waals surface area (Å²) in [6.45, 7) is 6.68. The normalized spacial score (nSPS) is 11.3. The van der Waals surface area contributed by atoms with E-state index >= 15 is 0 Å². The number of nitrogens with two attached hydrogens (primary N) is 1. The van der Waals surface area contributed by atoms with Crippen molar-refractivity contribution in [1.82, 2.24) is 4.90 Å². The van der Waals surface area contributed by atoms with Crippen LogP contribution in [0.4, 0.5) is 5.69 Å². The molecule has 0 saturated carbocycles. The van der Waals surface area contributed by atoms with Crippen LogP contribution in [0.15, 0.2) is 23.2 Å². The van der Waals surface area contributed by atoms with Crippen molar-refractivity contribution >= 4 is 17.6 Å². The Morgan fingerprint density at radius 3 is 2.42 bits per heavy atom. The summed E-state index contributed by atoms with van der Waals surface area (Å²) in [6.07, 6.45) is 0. The Bertz CT molecular complexity index is 462. The number of anilines is 1. The molecule has 0 aromatic heterocycles. The van der Waals surface area contributed by atoms with Crippen molar-refractivity contribution in [3.63, 3.8) is 0 Å². The van der Waals surface area contributed by atoms with Crippen molar-refractivity contribution in [3.05, 3.63) is 29.3 Å². The molecule has 5 heteroatoms. The Morgan fingerprint density at radius 1 is 1.32 bits per heavy atom. The fourth-order valence-electron chi connectivity index (χ4n) is 1.68. The third-order valence-corrected chi connectivity index (χ3v) is 2.78. The van der Waals surface area contributed by atoms with Gasteiger partial charge in [0.2, 0.25) is 5.91 Å². The monoisotopic (exact) mass is 262 g/mol. The number of aryl methyl sites for hydroxylation is 2. The molecular weight excluding hydrogens is 240 g/mol. The zero-order valence-electron chi connectivity index (χ0n) is 12.0. The van der Waals surface area contributed by atoms with Crippen molar-refractivity contribution in [1.29, 1.82) is 0 Å². The van der Waals surface area contributed by atoms with Gasteiger partial charge in [-0.3, -0.25) is 4.79 Å². The van der Waals surface area contributed by atoms with Gasteiger partial charge in [-0.2, -0.15) is 0 Å². The molecule has 0 aliphatic carbocycles. The predicted octanol–water partition coefficient (Wildman–Crippen LogP) is 1.51. The summed E-state index contributed by atoms with van der Waals surface area (Å²) in [5.41, 5.74) is 8.95. The van der Waals surface area contributed by atoms with E-state index < -0.39 is 0 Å². The van der Waals surface area contributed by atoms with Crippen LogP contribution in [-0.2, 0) is 4.79 Å². The first-order valence-corrected chi connectivity index (χ1v) is 6.31. The Labute approximate surface area is 114 Å². The van der Waals surface area contributed by atoms with Crippen molar-refractivity contribution < 1.29 is 4.79 Å². The second-order valence-corrected chi connectivity index (χ2v) is 4.61. The van der Waals surface area contributed by atoms with Crippen molar-refractivity contribution in [2.24, 2.45) is 10.7 Å². The van der Waals surface area contributed by atoms with Gasteiger partial charge in [-0.05, 0) is 44.0 Å². The highest BCUT2D eigenvalue weighted by molar-refractivity contribution is 5.94. The molecule has 0 heterocycles. The van der Waals surface area contributed by atoms with E-state index in [1.54, 1.807) is 11.9 Å².